The maximum atomic E-state index is 13.2. The highest BCUT2D eigenvalue weighted by molar-refractivity contribution is 5.94. The zero-order valence-corrected chi connectivity index (χ0v) is 21.9. The number of anilines is 1. The molecule has 2 fully saturated rings. The third-order valence-electron chi connectivity index (χ3n) is 7.55. The van der Waals surface area contributed by atoms with E-state index in [2.05, 4.69) is 42.5 Å². The minimum atomic E-state index is -0.255. The van der Waals surface area contributed by atoms with Crippen LogP contribution >= 0.6 is 0 Å². The minimum Gasteiger partial charge on any atom is -0.457 e. The van der Waals surface area contributed by atoms with E-state index in [1.165, 1.54) is 0 Å². The van der Waals surface area contributed by atoms with Gasteiger partial charge in [-0.05, 0) is 70.0 Å². The molecule has 3 unspecified atom stereocenters. The van der Waals surface area contributed by atoms with Crippen LogP contribution in [0.3, 0.4) is 0 Å². The van der Waals surface area contributed by atoms with Crippen molar-refractivity contribution < 1.29 is 9.53 Å². The molecule has 4 aromatic rings. The lowest BCUT2D eigenvalue weighted by molar-refractivity contribution is -0.129. The number of nitrogens with zero attached hydrogens (tertiary/aromatic N) is 5. The number of hydrogen-bond donors (Lipinski definition) is 1. The fraction of sp³-hybridized carbons (Fsp3) is 0.300. The van der Waals surface area contributed by atoms with Crippen molar-refractivity contribution in [1.29, 1.82) is 0 Å². The van der Waals surface area contributed by atoms with Gasteiger partial charge in [0.25, 0.3) is 5.91 Å². The number of hydrogen-bond acceptors (Lipinski definition) is 6. The molecule has 2 aliphatic heterocycles. The van der Waals surface area contributed by atoms with E-state index in [4.69, 9.17) is 15.5 Å². The maximum absolute atomic E-state index is 13.2. The lowest BCUT2D eigenvalue weighted by atomic mass is 10.1. The molecule has 2 aromatic heterocycles. The molecule has 0 saturated carbocycles. The minimum absolute atomic E-state index is 0.0187. The van der Waals surface area contributed by atoms with E-state index >= 15 is 0 Å². The number of nitrogens with two attached hydrogens (primary N) is 1. The summed E-state index contributed by atoms with van der Waals surface area (Å²) in [5.74, 6) is 8.00. The zero-order chi connectivity index (χ0) is 26.6. The van der Waals surface area contributed by atoms with E-state index in [1.54, 1.807) is 13.1 Å². The third kappa shape index (κ3) is 3.78. The third-order valence-corrected chi connectivity index (χ3v) is 7.55. The summed E-state index contributed by atoms with van der Waals surface area (Å²) in [6, 6.07) is 18.0. The number of imidazole rings is 1. The van der Waals surface area contributed by atoms with Crippen molar-refractivity contribution in [1.82, 2.24) is 24.2 Å². The van der Waals surface area contributed by atoms with Gasteiger partial charge in [0.1, 0.15) is 40.4 Å². The van der Waals surface area contributed by atoms with E-state index in [9.17, 15) is 4.79 Å². The van der Waals surface area contributed by atoms with Crippen molar-refractivity contribution >= 4 is 17.2 Å². The first-order valence-electron chi connectivity index (χ1n) is 12.9. The number of benzene rings is 2. The molecule has 0 aliphatic carbocycles. The van der Waals surface area contributed by atoms with E-state index in [-0.39, 0.29) is 30.1 Å². The SMILES string of the molecule is CC#CC(=O)N1C(c2nc(-c3ccc(Oc4ccccc4)cc3)c3c(N)nccn23)[C@@H]2C([C@@H]1C)N2C(C)C. The Kier molecular flexibility index (Phi) is 5.81. The highest BCUT2D eigenvalue weighted by Gasteiger charge is 2.66. The van der Waals surface area contributed by atoms with E-state index in [0.29, 0.717) is 11.9 Å². The first-order valence-corrected chi connectivity index (χ1v) is 12.9. The van der Waals surface area contributed by atoms with Crippen molar-refractivity contribution in [2.24, 2.45) is 0 Å². The van der Waals surface area contributed by atoms with Gasteiger partial charge < -0.3 is 15.4 Å². The number of carbonyl (C=O) groups excluding carboxylic acids is 1. The molecule has 2 aromatic carbocycles. The number of para-hydroxylation sites is 1. The van der Waals surface area contributed by atoms with Gasteiger partial charge in [-0.2, -0.15) is 0 Å². The van der Waals surface area contributed by atoms with Crippen LogP contribution in [0.4, 0.5) is 5.82 Å². The highest BCUT2D eigenvalue weighted by Crippen LogP contribution is 2.53. The highest BCUT2D eigenvalue weighted by atomic mass is 16.5. The molecular weight excluding hydrogens is 476 g/mol. The summed E-state index contributed by atoms with van der Waals surface area (Å²) in [4.78, 5) is 27.1. The van der Waals surface area contributed by atoms with Crippen molar-refractivity contribution in [3.63, 3.8) is 0 Å². The Labute approximate surface area is 222 Å². The first-order chi connectivity index (χ1) is 18.4. The fourth-order valence-corrected chi connectivity index (χ4v) is 6.00. The van der Waals surface area contributed by atoms with Crippen LogP contribution in [0.25, 0.3) is 16.8 Å². The smallest absolute Gasteiger partial charge is 0.299 e. The summed E-state index contributed by atoms with van der Waals surface area (Å²) in [5, 5.41) is 0. The second-order valence-electron chi connectivity index (χ2n) is 10.1. The molecule has 4 heterocycles. The van der Waals surface area contributed by atoms with Gasteiger partial charge in [0.15, 0.2) is 0 Å². The lowest BCUT2D eigenvalue weighted by Gasteiger charge is -2.32. The largest absolute Gasteiger partial charge is 0.457 e. The Hall–Kier alpha value is -4.35. The molecule has 8 heteroatoms. The molecule has 0 bridgehead atoms. The topological polar surface area (TPSA) is 88.8 Å². The van der Waals surface area contributed by atoms with Crippen LogP contribution in [0.15, 0.2) is 67.0 Å². The Bertz CT molecular complexity index is 1570. The molecule has 2 aliphatic rings. The van der Waals surface area contributed by atoms with Crippen LogP contribution in [-0.2, 0) is 4.79 Å². The van der Waals surface area contributed by atoms with Crippen molar-refractivity contribution in [2.45, 2.75) is 57.9 Å². The predicted octanol–water partition coefficient (Wildman–Crippen LogP) is 4.53. The number of ether oxygens (including phenoxy) is 1. The van der Waals surface area contributed by atoms with Crippen molar-refractivity contribution in [3.05, 3.63) is 72.8 Å². The van der Waals surface area contributed by atoms with Crippen LogP contribution < -0.4 is 10.5 Å². The van der Waals surface area contributed by atoms with Crippen LogP contribution in [0.5, 0.6) is 11.5 Å². The van der Waals surface area contributed by atoms with Crippen molar-refractivity contribution in [3.8, 4) is 34.6 Å². The summed E-state index contributed by atoms with van der Waals surface area (Å²) < 4.78 is 7.96. The van der Waals surface area contributed by atoms with Crippen LogP contribution in [0.1, 0.15) is 39.6 Å². The predicted molar refractivity (Wildman–Crippen MR) is 146 cm³/mol. The number of carbonyl (C=O) groups is 1. The van der Waals surface area contributed by atoms with Crippen LogP contribution in [-0.4, -0.2) is 54.2 Å². The van der Waals surface area contributed by atoms with Gasteiger partial charge in [0, 0.05) is 36.1 Å². The van der Waals surface area contributed by atoms with Gasteiger partial charge in [-0.25, -0.2) is 9.97 Å². The molecule has 38 heavy (non-hydrogen) atoms. The summed E-state index contributed by atoms with van der Waals surface area (Å²) in [6.45, 7) is 8.18. The molecule has 5 atom stereocenters. The number of nitrogen functional groups attached to an aromatic ring is 1. The maximum Gasteiger partial charge on any atom is 0.299 e. The van der Waals surface area contributed by atoms with E-state index in [0.717, 1.165) is 34.1 Å². The molecule has 0 spiro atoms. The lowest BCUT2D eigenvalue weighted by Crippen LogP contribution is -2.44. The van der Waals surface area contributed by atoms with Gasteiger partial charge in [-0.15, -0.1) is 0 Å². The van der Waals surface area contributed by atoms with Gasteiger partial charge in [0.05, 0.1) is 6.04 Å². The van der Waals surface area contributed by atoms with Crippen LogP contribution in [0.2, 0.25) is 0 Å². The summed E-state index contributed by atoms with van der Waals surface area (Å²) in [6.07, 6.45) is 3.55. The quantitative estimate of drug-likeness (QED) is 0.316. The fourth-order valence-electron chi connectivity index (χ4n) is 6.00. The molecular formula is C30H30N6O2. The molecule has 2 N–H and O–H groups in total. The number of rotatable bonds is 5. The molecule has 0 radical (unpaired) electrons. The number of fused-ring (bicyclic) bond motifs is 2. The number of amides is 1. The Morgan fingerprint density at radius 3 is 2.45 bits per heavy atom. The molecule has 2 saturated heterocycles. The average Bonchev–Trinajstić information content (AvgIpc) is 3.43. The summed E-state index contributed by atoms with van der Waals surface area (Å²) in [5.41, 5.74) is 8.75. The Balaban J connectivity index is 1.44. The average molecular weight is 507 g/mol. The summed E-state index contributed by atoms with van der Waals surface area (Å²) in [7, 11) is 0. The molecule has 1 amide bonds. The zero-order valence-electron chi connectivity index (χ0n) is 21.9. The monoisotopic (exact) mass is 506 g/mol. The standard InChI is InChI=1S/C30H30N6O2/c1-5-9-23(37)36-19(4)25-27(35(25)18(2)3)28(36)30-33-24(26-29(31)32-16-17-34(26)30)20-12-14-22(15-13-20)38-21-10-7-6-8-11-21/h6-8,10-19,25,27-28H,1-4H3,(H2,31,32)/t19-,25?,27-,28?,35?/m0/s1. The molecule has 6 rings (SSSR count). The van der Waals surface area contributed by atoms with Gasteiger partial charge >= 0.3 is 0 Å². The number of aromatic nitrogens is 3. The van der Waals surface area contributed by atoms with Gasteiger partial charge in [-0.1, -0.05) is 24.1 Å². The number of likely N-dealkylation sites (tertiary alicyclic amines) is 1. The summed E-state index contributed by atoms with van der Waals surface area (Å²) >= 11 is 0. The number of piperazine rings is 1. The first kappa shape index (κ1) is 24.0. The molecule has 192 valence electrons. The Morgan fingerprint density at radius 1 is 1.05 bits per heavy atom. The normalized spacial score (nSPS) is 23.7. The van der Waals surface area contributed by atoms with Crippen molar-refractivity contribution in [2.75, 3.05) is 5.73 Å². The molecule has 8 nitrogen and oxygen atoms in total. The van der Waals surface area contributed by atoms with Gasteiger partial charge in [-0.3, -0.25) is 14.1 Å². The second-order valence-corrected chi connectivity index (χ2v) is 10.1. The van der Waals surface area contributed by atoms with Crippen LogP contribution in [0, 0.1) is 11.8 Å². The second kappa shape index (κ2) is 9.19. The van der Waals surface area contributed by atoms with Gasteiger partial charge in [0.2, 0.25) is 0 Å². The van der Waals surface area contributed by atoms with E-state index < -0.39 is 0 Å². The Morgan fingerprint density at radius 2 is 1.76 bits per heavy atom. The van der Waals surface area contributed by atoms with E-state index in [1.807, 2.05) is 70.1 Å².